The lowest BCUT2D eigenvalue weighted by atomic mass is 10.1. The molecule has 2 amide bonds. The Bertz CT molecular complexity index is 359. The second kappa shape index (κ2) is 18.3. The number of nitrogens with one attached hydrogen (secondary N) is 2. The number of hydrogen-bond donors (Lipinski definition) is 3. The zero-order chi connectivity index (χ0) is 19.5. The maximum absolute atomic E-state index is 12.0. The van der Waals surface area contributed by atoms with Gasteiger partial charge < -0.3 is 40.1 Å². The Morgan fingerprint density at radius 1 is 0.885 bits per heavy atom. The Balaban J connectivity index is 4.01. The maximum Gasteiger partial charge on any atom is 0.407 e. The number of unbranched alkanes of at least 4 members (excludes halogenated alkanes) is 1. The highest BCUT2D eigenvalue weighted by atomic mass is 16.6. The number of carbonyl (C=O) groups excluding carboxylic acids is 2. The molecule has 1 atom stereocenters. The van der Waals surface area contributed by atoms with Crippen LogP contribution in [0.5, 0.6) is 0 Å². The van der Waals surface area contributed by atoms with E-state index in [4.69, 9.17) is 29.4 Å². The highest BCUT2D eigenvalue weighted by Gasteiger charge is 2.20. The average molecular weight is 379 g/mol. The van der Waals surface area contributed by atoms with Crippen molar-refractivity contribution in [3.63, 3.8) is 0 Å². The molecule has 0 heterocycles. The lowest BCUT2D eigenvalue weighted by Crippen LogP contribution is -2.48. The first-order valence-electron chi connectivity index (χ1n) is 8.70. The molecular formula is C16H33N3O7. The van der Waals surface area contributed by atoms with Gasteiger partial charge in [0.05, 0.1) is 39.7 Å². The predicted octanol–water partition coefficient (Wildman–Crippen LogP) is -0.390. The van der Waals surface area contributed by atoms with Crippen molar-refractivity contribution in [2.24, 2.45) is 5.73 Å². The Hall–Kier alpha value is -1.46. The number of alkyl carbamates (subject to hydrolysis) is 1. The van der Waals surface area contributed by atoms with E-state index in [0.717, 1.165) is 6.42 Å². The van der Waals surface area contributed by atoms with Crippen LogP contribution in [0.4, 0.5) is 4.79 Å². The molecule has 0 spiro atoms. The third-order valence-corrected chi connectivity index (χ3v) is 3.24. The smallest absolute Gasteiger partial charge is 0.407 e. The number of rotatable bonds is 17. The van der Waals surface area contributed by atoms with Gasteiger partial charge in [-0.05, 0) is 19.3 Å². The van der Waals surface area contributed by atoms with Crippen LogP contribution < -0.4 is 16.4 Å². The normalized spacial score (nSPS) is 11.8. The summed E-state index contributed by atoms with van der Waals surface area (Å²) in [5.41, 5.74) is 5.32. The van der Waals surface area contributed by atoms with Crippen LogP contribution in [0, 0.1) is 0 Å². The molecule has 0 saturated carbocycles. The van der Waals surface area contributed by atoms with E-state index in [2.05, 4.69) is 10.6 Å². The molecule has 0 aromatic carbocycles. The molecule has 0 rings (SSSR count). The Morgan fingerprint density at radius 2 is 1.50 bits per heavy atom. The van der Waals surface area contributed by atoms with Gasteiger partial charge in [-0.15, -0.1) is 0 Å². The lowest BCUT2D eigenvalue weighted by Gasteiger charge is -2.18. The third kappa shape index (κ3) is 14.8. The number of ether oxygens (including phenoxy) is 5. The lowest BCUT2D eigenvalue weighted by molar-refractivity contribution is -0.123. The highest BCUT2D eigenvalue weighted by molar-refractivity contribution is 5.85. The molecule has 26 heavy (non-hydrogen) atoms. The van der Waals surface area contributed by atoms with E-state index in [1.54, 1.807) is 14.2 Å². The minimum Gasteiger partial charge on any atom is -0.447 e. The molecule has 4 N–H and O–H groups in total. The summed E-state index contributed by atoms with van der Waals surface area (Å²) in [7, 11) is 3.19. The van der Waals surface area contributed by atoms with E-state index in [9.17, 15) is 9.59 Å². The fourth-order valence-electron chi connectivity index (χ4n) is 1.91. The molecular weight excluding hydrogens is 346 g/mol. The zero-order valence-electron chi connectivity index (χ0n) is 15.8. The van der Waals surface area contributed by atoms with Crippen LogP contribution in [-0.2, 0) is 28.5 Å². The molecule has 0 saturated heterocycles. The summed E-state index contributed by atoms with van der Waals surface area (Å²) in [5.74, 6) is -0.346. The topological polar surface area (TPSA) is 130 Å². The van der Waals surface area contributed by atoms with Gasteiger partial charge in [0.1, 0.15) is 12.6 Å². The van der Waals surface area contributed by atoms with Crippen molar-refractivity contribution in [1.29, 1.82) is 0 Å². The van der Waals surface area contributed by atoms with Gasteiger partial charge in [-0.1, -0.05) is 0 Å². The average Bonchev–Trinajstić information content (AvgIpc) is 2.63. The Morgan fingerprint density at radius 3 is 2.12 bits per heavy atom. The number of nitrogens with two attached hydrogens (primary N) is 1. The number of amides is 2. The number of hydrogen-bond acceptors (Lipinski definition) is 8. The predicted molar refractivity (Wildman–Crippen MR) is 94.7 cm³/mol. The Labute approximate surface area is 155 Å². The van der Waals surface area contributed by atoms with Crippen LogP contribution >= 0.6 is 0 Å². The van der Waals surface area contributed by atoms with Crippen molar-refractivity contribution in [2.75, 3.05) is 67.1 Å². The van der Waals surface area contributed by atoms with Crippen molar-refractivity contribution in [2.45, 2.75) is 25.3 Å². The quantitative estimate of drug-likeness (QED) is 0.230. The fourth-order valence-corrected chi connectivity index (χ4v) is 1.91. The molecule has 0 radical (unpaired) electrons. The molecule has 0 aliphatic heterocycles. The van der Waals surface area contributed by atoms with Gasteiger partial charge in [0.2, 0.25) is 5.91 Å². The van der Waals surface area contributed by atoms with E-state index >= 15 is 0 Å². The number of carbonyl (C=O) groups is 2. The molecule has 0 fully saturated rings. The molecule has 0 aliphatic carbocycles. The van der Waals surface area contributed by atoms with Gasteiger partial charge in [0, 0.05) is 20.8 Å². The van der Waals surface area contributed by atoms with E-state index in [1.807, 2.05) is 0 Å². The second-order valence-corrected chi connectivity index (χ2v) is 5.28. The molecule has 154 valence electrons. The second-order valence-electron chi connectivity index (χ2n) is 5.28. The first-order valence-corrected chi connectivity index (χ1v) is 8.70. The van der Waals surface area contributed by atoms with Gasteiger partial charge >= 0.3 is 6.09 Å². The van der Waals surface area contributed by atoms with Gasteiger partial charge in [0.25, 0.3) is 0 Å². The van der Waals surface area contributed by atoms with Crippen molar-refractivity contribution >= 4 is 12.0 Å². The number of methoxy groups -OCH3 is 2. The van der Waals surface area contributed by atoms with E-state index in [-0.39, 0.29) is 25.8 Å². The van der Waals surface area contributed by atoms with Gasteiger partial charge in [0.15, 0.2) is 0 Å². The summed E-state index contributed by atoms with van der Waals surface area (Å²) in [6, 6.07) is -0.709. The molecule has 10 nitrogen and oxygen atoms in total. The van der Waals surface area contributed by atoms with Crippen molar-refractivity contribution in [1.82, 2.24) is 10.6 Å². The van der Waals surface area contributed by atoms with E-state index < -0.39 is 12.1 Å². The van der Waals surface area contributed by atoms with E-state index in [0.29, 0.717) is 45.9 Å². The van der Waals surface area contributed by atoms with Crippen molar-refractivity contribution in [3.8, 4) is 0 Å². The largest absolute Gasteiger partial charge is 0.447 e. The highest BCUT2D eigenvalue weighted by Crippen LogP contribution is 2.03. The molecule has 0 aromatic rings. The van der Waals surface area contributed by atoms with Crippen molar-refractivity contribution < 1.29 is 33.3 Å². The maximum atomic E-state index is 12.0. The van der Waals surface area contributed by atoms with Crippen LogP contribution in [0.3, 0.4) is 0 Å². The molecule has 10 heteroatoms. The minimum atomic E-state index is -0.709. The minimum absolute atomic E-state index is 0.000467. The standard InChI is InChI=1S/C16H33N3O7/c1-22-7-9-24-6-4-3-5-14(15(20)18-13-17)19-16(21)26-12-11-25-10-8-23-2/h14H,3-13,17H2,1-2H3,(H,18,20)(H,19,21). The zero-order valence-corrected chi connectivity index (χ0v) is 15.8. The van der Waals surface area contributed by atoms with Gasteiger partial charge in [-0.25, -0.2) is 4.79 Å². The SMILES string of the molecule is COCCOCCCCC(NC(=O)OCCOCCOC)C(=O)NCN. The van der Waals surface area contributed by atoms with Crippen LogP contribution in [0.25, 0.3) is 0 Å². The monoisotopic (exact) mass is 379 g/mol. The molecule has 0 aliphatic rings. The van der Waals surface area contributed by atoms with Crippen molar-refractivity contribution in [3.05, 3.63) is 0 Å². The van der Waals surface area contributed by atoms with Crippen LogP contribution in [-0.4, -0.2) is 85.2 Å². The van der Waals surface area contributed by atoms with E-state index in [1.165, 1.54) is 0 Å². The summed E-state index contributed by atoms with van der Waals surface area (Å²) in [5, 5.41) is 5.04. The van der Waals surface area contributed by atoms with Crippen LogP contribution in [0.15, 0.2) is 0 Å². The molecule has 0 bridgehead atoms. The Kier molecular flexibility index (Phi) is 17.3. The van der Waals surface area contributed by atoms with Gasteiger partial charge in [-0.3, -0.25) is 4.79 Å². The molecule has 1 unspecified atom stereocenters. The summed E-state index contributed by atoms with van der Waals surface area (Å²) < 4.78 is 25.2. The first kappa shape index (κ1) is 24.5. The molecule has 0 aromatic heterocycles. The van der Waals surface area contributed by atoms with Crippen LogP contribution in [0.1, 0.15) is 19.3 Å². The van der Waals surface area contributed by atoms with Gasteiger partial charge in [-0.2, -0.15) is 0 Å². The summed E-state index contributed by atoms with van der Waals surface area (Å²) in [6.07, 6.45) is 1.25. The summed E-state index contributed by atoms with van der Waals surface area (Å²) in [4.78, 5) is 23.8. The third-order valence-electron chi connectivity index (χ3n) is 3.24. The first-order chi connectivity index (χ1) is 12.7. The fraction of sp³-hybridized carbons (Fsp3) is 0.875. The van der Waals surface area contributed by atoms with Crippen LogP contribution in [0.2, 0.25) is 0 Å². The summed E-state index contributed by atoms with van der Waals surface area (Å²) in [6.45, 7) is 2.90. The summed E-state index contributed by atoms with van der Waals surface area (Å²) >= 11 is 0.